The lowest BCUT2D eigenvalue weighted by molar-refractivity contribution is 0.450. The molecule has 0 aromatic carbocycles. The fourth-order valence-corrected chi connectivity index (χ4v) is 5.80. The summed E-state index contributed by atoms with van der Waals surface area (Å²) in [6.07, 6.45) is 0. The van der Waals surface area contributed by atoms with Gasteiger partial charge in [-0.15, -0.1) is 0 Å². The fraction of sp³-hybridized carbons (Fsp3) is 1.00. The quantitative estimate of drug-likeness (QED) is 0.612. The summed E-state index contributed by atoms with van der Waals surface area (Å²) in [5.74, 6) is 0. The Labute approximate surface area is 79.8 Å². The van der Waals surface area contributed by atoms with Gasteiger partial charge >= 0.3 is 0 Å². The van der Waals surface area contributed by atoms with E-state index >= 15 is 0 Å². The molecule has 12 heavy (non-hydrogen) atoms. The Kier molecular flexibility index (Phi) is 5.10. The Morgan fingerprint density at radius 2 is 1.42 bits per heavy atom. The van der Waals surface area contributed by atoms with E-state index in [9.17, 15) is 0 Å². The summed E-state index contributed by atoms with van der Waals surface area (Å²) in [5.41, 5.74) is 0. The number of nitrogens with zero attached hydrogens (tertiary/aromatic N) is 1. The van der Waals surface area contributed by atoms with Gasteiger partial charge < -0.3 is 4.57 Å². The zero-order valence-electron chi connectivity index (χ0n) is 9.65. The second kappa shape index (κ2) is 5.03. The van der Waals surface area contributed by atoms with Crippen LogP contribution >= 0.6 is 0 Å². The summed E-state index contributed by atoms with van der Waals surface area (Å²) in [6.45, 7) is 16.6. The molecule has 0 heterocycles. The third-order valence-electron chi connectivity index (χ3n) is 2.64. The normalized spacial score (nSPS) is 15.2. The average molecular weight is 187 g/mol. The van der Waals surface area contributed by atoms with Crippen LogP contribution in [0, 0.1) is 0 Å². The van der Waals surface area contributed by atoms with E-state index in [1.54, 1.807) is 0 Å². The minimum absolute atomic E-state index is 0.556. The van der Waals surface area contributed by atoms with Crippen LogP contribution in [0.25, 0.3) is 0 Å². The molecule has 2 heteroatoms. The molecule has 74 valence electrons. The molecule has 1 unspecified atom stereocenters. The van der Waals surface area contributed by atoms with Gasteiger partial charge in [0, 0.05) is 0 Å². The summed E-state index contributed by atoms with van der Waals surface area (Å²) < 4.78 is 2.69. The van der Waals surface area contributed by atoms with Crippen LogP contribution in [0.4, 0.5) is 0 Å². The monoisotopic (exact) mass is 187 g/mol. The average Bonchev–Trinajstić information content (AvgIpc) is 1.97. The fourth-order valence-electron chi connectivity index (χ4n) is 2.08. The lowest BCUT2D eigenvalue weighted by Gasteiger charge is -2.37. The van der Waals surface area contributed by atoms with E-state index < -0.39 is 8.96 Å². The largest absolute Gasteiger partial charge is 0.326 e. The Hall–Kier alpha value is 0.177. The Morgan fingerprint density at radius 1 is 1.00 bits per heavy atom. The molecule has 0 aromatic heterocycles. The zero-order valence-corrected chi connectivity index (χ0v) is 10.8. The SMILES string of the molecule is CCN(CC)[SiH](CC)C(C)(C)C. The van der Waals surface area contributed by atoms with E-state index in [1.807, 2.05) is 0 Å². The van der Waals surface area contributed by atoms with Crippen molar-refractivity contribution in [3.63, 3.8) is 0 Å². The second-order valence-electron chi connectivity index (χ2n) is 4.51. The van der Waals surface area contributed by atoms with Crippen molar-refractivity contribution < 1.29 is 0 Å². The van der Waals surface area contributed by atoms with E-state index in [0.29, 0.717) is 5.04 Å². The Balaban J connectivity index is 4.31. The van der Waals surface area contributed by atoms with Crippen LogP contribution in [0.15, 0.2) is 0 Å². The van der Waals surface area contributed by atoms with Crippen LogP contribution in [0.1, 0.15) is 41.5 Å². The van der Waals surface area contributed by atoms with E-state index in [-0.39, 0.29) is 0 Å². The van der Waals surface area contributed by atoms with Gasteiger partial charge in [0.25, 0.3) is 0 Å². The van der Waals surface area contributed by atoms with Gasteiger partial charge in [-0.2, -0.15) is 0 Å². The predicted molar refractivity (Wildman–Crippen MR) is 60.3 cm³/mol. The molecule has 0 rings (SSSR count). The van der Waals surface area contributed by atoms with Crippen LogP contribution < -0.4 is 0 Å². The maximum absolute atomic E-state index is 2.69. The highest BCUT2D eigenvalue weighted by Gasteiger charge is 2.28. The van der Waals surface area contributed by atoms with Crippen molar-refractivity contribution in [2.45, 2.75) is 52.6 Å². The van der Waals surface area contributed by atoms with Crippen LogP contribution in [-0.2, 0) is 0 Å². The minimum Gasteiger partial charge on any atom is -0.326 e. The number of rotatable bonds is 4. The van der Waals surface area contributed by atoms with Crippen molar-refractivity contribution in [2.75, 3.05) is 13.1 Å². The highest BCUT2D eigenvalue weighted by atomic mass is 28.3. The predicted octanol–water partition coefficient (Wildman–Crippen LogP) is 2.87. The summed E-state index contributed by atoms with van der Waals surface area (Å²) in [6, 6.07) is 1.39. The van der Waals surface area contributed by atoms with Crippen molar-refractivity contribution in [1.29, 1.82) is 0 Å². The van der Waals surface area contributed by atoms with Crippen molar-refractivity contribution in [1.82, 2.24) is 4.57 Å². The van der Waals surface area contributed by atoms with Gasteiger partial charge in [-0.25, -0.2) is 0 Å². The Morgan fingerprint density at radius 3 is 1.50 bits per heavy atom. The molecular formula is C10H25NSi. The second-order valence-corrected chi connectivity index (χ2v) is 8.82. The molecule has 0 aliphatic rings. The van der Waals surface area contributed by atoms with Crippen molar-refractivity contribution in [3.8, 4) is 0 Å². The van der Waals surface area contributed by atoms with Crippen LogP contribution in [0.5, 0.6) is 0 Å². The first-order valence-electron chi connectivity index (χ1n) is 5.21. The molecule has 0 saturated heterocycles. The van der Waals surface area contributed by atoms with Gasteiger partial charge in [0.2, 0.25) is 0 Å². The molecule has 1 atom stereocenters. The molecule has 0 aromatic rings. The van der Waals surface area contributed by atoms with Crippen molar-refractivity contribution >= 4 is 8.96 Å². The number of hydrogen-bond acceptors (Lipinski definition) is 1. The third-order valence-corrected chi connectivity index (χ3v) is 7.02. The van der Waals surface area contributed by atoms with Crippen molar-refractivity contribution in [2.24, 2.45) is 0 Å². The van der Waals surface area contributed by atoms with E-state index in [4.69, 9.17) is 0 Å². The van der Waals surface area contributed by atoms with Gasteiger partial charge in [0.1, 0.15) is 8.96 Å². The standard InChI is InChI=1S/C10H25NSi/c1-7-11(8-2)12(9-3)10(4,5)6/h12H,7-9H2,1-6H3. The summed E-state index contributed by atoms with van der Waals surface area (Å²) >= 11 is 0. The number of hydrogen-bond donors (Lipinski definition) is 0. The third kappa shape index (κ3) is 3.28. The van der Waals surface area contributed by atoms with E-state index in [1.165, 1.54) is 19.1 Å². The van der Waals surface area contributed by atoms with Gasteiger partial charge in [-0.05, 0) is 24.2 Å². The van der Waals surface area contributed by atoms with Crippen LogP contribution in [0.2, 0.25) is 11.1 Å². The maximum atomic E-state index is 2.69. The minimum atomic E-state index is -0.683. The zero-order chi connectivity index (χ0) is 9.78. The topological polar surface area (TPSA) is 3.24 Å². The van der Waals surface area contributed by atoms with Gasteiger partial charge in [-0.1, -0.05) is 41.5 Å². The molecule has 0 saturated carbocycles. The molecule has 0 radical (unpaired) electrons. The smallest absolute Gasteiger partial charge is 0.116 e. The van der Waals surface area contributed by atoms with Gasteiger partial charge in [-0.3, -0.25) is 0 Å². The lowest BCUT2D eigenvalue weighted by atomic mass is 10.2. The highest BCUT2D eigenvalue weighted by Crippen LogP contribution is 2.30. The van der Waals surface area contributed by atoms with Crippen LogP contribution in [0.3, 0.4) is 0 Å². The molecule has 0 bridgehead atoms. The highest BCUT2D eigenvalue weighted by molar-refractivity contribution is 6.59. The molecule has 0 N–H and O–H groups in total. The van der Waals surface area contributed by atoms with Crippen LogP contribution in [-0.4, -0.2) is 26.6 Å². The first-order valence-corrected chi connectivity index (χ1v) is 7.12. The summed E-state index contributed by atoms with van der Waals surface area (Å²) in [7, 11) is -0.683. The molecule has 0 aliphatic heterocycles. The van der Waals surface area contributed by atoms with Gasteiger partial charge in [0.15, 0.2) is 0 Å². The molecule has 0 fully saturated rings. The van der Waals surface area contributed by atoms with Crippen molar-refractivity contribution in [3.05, 3.63) is 0 Å². The molecule has 1 nitrogen and oxygen atoms in total. The van der Waals surface area contributed by atoms with E-state index in [2.05, 4.69) is 46.1 Å². The maximum Gasteiger partial charge on any atom is 0.116 e. The van der Waals surface area contributed by atoms with E-state index in [0.717, 1.165) is 0 Å². The first kappa shape index (κ1) is 12.2. The molecule has 0 amide bonds. The molecule has 0 spiro atoms. The molecular weight excluding hydrogens is 162 g/mol. The van der Waals surface area contributed by atoms with Gasteiger partial charge in [0.05, 0.1) is 0 Å². The summed E-state index contributed by atoms with van der Waals surface area (Å²) in [4.78, 5) is 0. The lowest BCUT2D eigenvalue weighted by Crippen LogP contribution is -2.44. The first-order chi connectivity index (χ1) is 5.47. The molecule has 0 aliphatic carbocycles. The Bertz CT molecular complexity index is 113. The summed E-state index contributed by atoms with van der Waals surface area (Å²) in [5, 5.41) is 0.556.